The van der Waals surface area contributed by atoms with Crippen molar-refractivity contribution in [3.63, 3.8) is 0 Å². The molecule has 5 rings (SSSR count). The Balaban J connectivity index is 1.57. The maximum absolute atomic E-state index is 6.49. The highest BCUT2D eigenvalue weighted by Crippen LogP contribution is 2.48. The molecule has 0 bridgehead atoms. The molecule has 2 aliphatic rings. The van der Waals surface area contributed by atoms with Crippen LogP contribution < -0.4 is 9.47 Å². The van der Waals surface area contributed by atoms with Gasteiger partial charge in [0.05, 0.1) is 18.9 Å². The molecule has 3 aromatic rings. The molecule has 0 saturated heterocycles. The van der Waals surface area contributed by atoms with Gasteiger partial charge >= 0.3 is 0 Å². The molecular weight excluding hydrogens is 452 g/mol. The van der Waals surface area contributed by atoms with Crippen LogP contribution >= 0.6 is 15.9 Å². The van der Waals surface area contributed by atoms with Gasteiger partial charge in [-0.25, -0.2) is 5.01 Å². The Morgan fingerprint density at radius 1 is 1.06 bits per heavy atom. The Morgan fingerprint density at radius 2 is 1.87 bits per heavy atom. The lowest BCUT2D eigenvalue weighted by Gasteiger charge is -2.38. The fourth-order valence-corrected chi connectivity index (χ4v) is 4.68. The fraction of sp³-hybridized carbons (Fsp3) is 0.269. The van der Waals surface area contributed by atoms with Crippen molar-refractivity contribution in [2.45, 2.75) is 38.5 Å². The molecule has 0 N–H and O–H groups in total. The van der Waals surface area contributed by atoms with Crippen molar-refractivity contribution < 1.29 is 9.47 Å². The van der Waals surface area contributed by atoms with Gasteiger partial charge in [-0.2, -0.15) is 5.10 Å². The Hall–Kier alpha value is -2.79. The van der Waals surface area contributed by atoms with E-state index in [4.69, 9.17) is 14.6 Å². The molecular formula is C26H25BrN2O2. The van der Waals surface area contributed by atoms with Gasteiger partial charge in [0.2, 0.25) is 6.23 Å². The number of hydrogen-bond donors (Lipinski definition) is 0. The monoisotopic (exact) mass is 476 g/mol. The van der Waals surface area contributed by atoms with E-state index in [1.54, 1.807) is 7.11 Å². The first-order valence-corrected chi connectivity index (χ1v) is 11.4. The molecule has 0 aromatic heterocycles. The first-order chi connectivity index (χ1) is 15.0. The number of methoxy groups -OCH3 is 1. The molecule has 0 amide bonds. The van der Waals surface area contributed by atoms with E-state index in [0.717, 1.165) is 44.8 Å². The Kier molecular flexibility index (Phi) is 5.22. The summed E-state index contributed by atoms with van der Waals surface area (Å²) in [5.74, 6) is 2.26. The van der Waals surface area contributed by atoms with Crippen LogP contribution in [0.15, 0.2) is 76.3 Å². The number of halogens is 1. The van der Waals surface area contributed by atoms with Gasteiger partial charge in [-0.1, -0.05) is 66.2 Å². The van der Waals surface area contributed by atoms with Crippen LogP contribution in [0.25, 0.3) is 0 Å². The van der Waals surface area contributed by atoms with E-state index in [1.807, 2.05) is 24.3 Å². The largest absolute Gasteiger partial charge is 0.497 e. The van der Waals surface area contributed by atoms with Gasteiger partial charge < -0.3 is 9.47 Å². The summed E-state index contributed by atoms with van der Waals surface area (Å²) >= 11 is 3.62. The zero-order valence-electron chi connectivity index (χ0n) is 17.9. The standard InChI is InChI=1S/C26H25BrN2O2/c1-16(2)17-7-9-18(10-8-17)26-29-24(22-14-20(27)11-12-25(22)31-26)15-23(28-29)19-5-4-6-21(13-19)30-3/h4-14,16,24,26H,15H2,1-3H3/t24-,26+/m1/s1. The molecule has 5 heteroatoms. The number of fused-ring (bicyclic) bond motifs is 3. The quantitative estimate of drug-likeness (QED) is 0.413. The first kappa shape index (κ1) is 20.1. The van der Waals surface area contributed by atoms with Crippen molar-refractivity contribution in [1.82, 2.24) is 5.01 Å². The topological polar surface area (TPSA) is 34.1 Å². The number of ether oxygens (including phenoxy) is 2. The highest BCUT2D eigenvalue weighted by atomic mass is 79.9. The molecule has 0 aliphatic carbocycles. The average molecular weight is 477 g/mol. The molecule has 2 aliphatic heterocycles. The second-order valence-electron chi connectivity index (χ2n) is 8.35. The van der Waals surface area contributed by atoms with Gasteiger partial charge in [-0.15, -0.1) is 0 Å². The van der Waals surface area contributed by atoms with E-state index in [2.05, 4.69) is 77.3 Å². The Bertz CT molecular complexity index is 1140. The van der Waals surface area contributed by atoms with Gasteiger partial charge in [0.1, 0.15) is 11.5 Å². The third kappa shape index (κ3) is 3.72. The minimum absolute atomic E-state index is 0.122. The van der Waals surface area contributed by atoms with Crippen LogP contribution in [0.1, 0.15) is 60.7 Å². The average Bonchev–Trinajstić information content (AvgIpc) is 3.25. The lowest BCUT2D eigenvalue weighted by molar-refractivity contribution is -0.0190. The van der Waals surface area contributed by atoms with Crippen LogP contribution in [0, 0.1) is 0 Å². The zero-order valence-corrected chi connectivity index (χ0v) is 19.5. The van der Waals surface area contributed by atoms with Crippen molar-refractivity contribution >= 4 is 21.6 Å². The molecule has 3 aromatic carbocycles. The van der Waals surface area contributed by atoms with Crippen LogP contribution in [-0.2, 0) is 0 Å². The number of rotatable bonds is 4. The summed E-state index contributed by atoms with van der Waals surface area (Å²) < 4.78 is 13.0. The predicted octanol–water partition coefficient (Wildman–Crippen LogP) is 6.82. The summed E-state index contributed by atoms with van der Waals surface area (Å²) in [5, 5.41) is 7.17. The molecule has 158 valence electrons. The van der Waals surface area contributed by atoms with Crippen LogP contribution in [0.4, 0.5) is 0 Å². The minimum Gasteiger partial charge on any atom is -0.497 e. The molecule has 2 atom stereocenters. The normalized spacial score (nSPS) is 19.5. The number of hydrazone groups is 1. The third-order valence-corrected chi connectivity index (χ3v) is 6.54. The molecule has 0 radical (unpaired) electrons. The second kappa shape index (κ2) is 8.04. The number of nitrogens with zero attached hydrogens (tertiary/aromatic N) is 2. The van der Waals surface area contributed by atoms with E-state index in [0.29, 0.717) is 5.92 Å². The maximum Gasteiger partial charge on any atom is 0.213 e. The van der Waals surface area contributed by atoms with E-state index >= 15 is 0 Å². The summed E-state index contributed by atoms with van der Waals surface area (Å²) in [6.45, 7) is 4.42. The van der Waals surface area contributed by atoms with E-state index in [9.17, 15) is 0 Å². The summed E-state index contributed by atoms with van der Waals surface area (Å²) in [6, 6.07) is 23.2. The van der Waals surface area contributed by atoms with Gasteiger partial charge in [0.25, 0.3) is 0 Å². The number of benzene rings is 3. The van der Waals surface area contributed by atoms with Gasteiger partial charge in [-0.05, 0) is 41.8 Å². The maximum atomic E-state index is 6.49. The fourth-order valence-electron chi connectivity index (χ4n) is 4.30. The second-order valence-corrected chi connectivity index (χ2v) is 9.27. The SMILES string of the molecule is COc1cccc(C2=NN3[C@H](C2)c2cc(Br)ccc2O[C@H]3c2ccc(C(C)C)cc2)c1. The van der Waals surface area contributed by atoms with Crippen LogP contribution in [0.2, 0.25) is 0 Å². The van der Waals surface area contributed by atoms with E-state index in [-0.39, 0.29) is 12.3 Å². The number of hydrogen-bond acceptors (Lipinski definition) is 4. The zero-order chi connectivity index (χ0) is 21.5. The van der Waals surface area contributed by atoms with Crippen molar-refractivity contribution in [3.05, 3.63) is 93.5 Å². The molecule has 0 fully saturated rings. The van der Waals surface area contributed by atoms with Crippen LogP contribution in [0.5, 0.6) is 11.5 Å². The lowest BCUT2D eigenvalue weighted by atomic mass is 9.95. The van der Waals surface area contributed by atoms with Gasteiger partial charge in [0, 0.05) is 27.6 Å². The first-order valence-electron chi connectivity index (χ1n) is 10.6. The predicted molar refractivity (Wildman–Crippen MR) is 127 cm³/mol. The molecule has 2 heterocycles. The van der Waals surface area contributed by atoms with Crippen LogP contribution in [0.3, 0.4) is 0 Å². The summed E-state index contributed by atoms with van der Waals surface area (Å²) in [5.41, 5.74) is 5.72. The van der Waals surface area contributed by atoms with Crippen molar-refractivity contribution in [2.24, 2.45) is 5.10 Å². The van der Waals surface area contributed by atoms with Crippen molar-refractivity contribution in [3.8, 4) is 11.5 Å². The van der Waals surface area contributed by atoms with Crippen molar-refractivity contribution in [1.29, 1.82) is 0 Å². The van der Waals surface area contributed by atoms with Crippen LogP contribution in [-0.4, -0.2) is 17.8 Å². The van der Waals surface area contributed by atoms with Gasteiger partial charge in [0.15, 0.2) is 0 Å². The van der Waals surface area contributed by atoms with E-state index in [1.165, 1.54) is 5.56 Å². The van der Waals surface area contributed by atoms with Crippen molar-refractivity contribution in [2.75, 3.05) is 7.11 Å². The molecule has 4 nitrogen and oxygen atoms in total. The summed E-state index contributed by atoms with van der Waals surface area (Å²) in [7, 11) is 1.69. The minimum atomic E-state index is -0.261. The Morgan fingerprint density at radius 3 is 2.61 bits per heavy atom. The summed E-state index contributed by atoms with van der Waals surface area (Å²) in [6.07, 6.45) is 0.559. The van der Waals surface area contributed by atoms with Gasteiger partial charge in [-0.3, -0.25) is 0 Å². The lowest BCUT2D eigenvalue weighted by Crippen LogP contribution is -2.33. The molecule has 0 saturated carbocycles. The molecule has 31 heavy (non-hydrogen) atoms. The molecule has 0 unspecified atom stereocenters. The summed E-state index contributed by atoms with van der Waals surface area (Å²) in [4.78, 5) is 0. The highest BCUT2D eigenvalue weighted by molar-refractivity contribution is 9.10. The smallest absolute Gasteiger partial charge is 0.213 e. The molecule has 0 spiro atoms. The Labute approximate surface area is 191 Å². The van der Waals surface area contributed by atoms with E-state index < -0.39 is 0 Å². The third-order valence-electron chi connectivity index (χ3n) is 6.04. The highest BCUT2D eigenvalue weighted by Gasteiger charge is 2.41.